The van der Waals surface area contributed by atoms with E-state index in [0.717, 1.165) is 28.3 Å². The van der Waals surface area contributed by atoms with E-state index in [1.54, 1.807) is 18.5 Å². The molecule has 0 saturated carbocycles. The summed E-state index contributed by atoms with van der Waals surface area (Å²) in [4.78, 5) is 28.2. The molecule has 8 heteroatoms. The highest BCUT2D eigenvalue weighted by Gasteiger charge is 2.26. The second kappa shape index (κ2) is 7.32. The first-order valence-corrected chi connectivity index (χ1v) is 10.3. The Balaban J connectivity index is 1.90. The molecule has 3 aromatic rings. The number of nitrogens with two attached hydrogens (primary N) is 1. The maximum Gasteiger partial charge on any atom is 0.251 e. The molecule has 0 aliphatic rings. The number of amides is 1. The minimum absolute atomic E-state index is 0.0523. The van der Waals surface area contributed by atoms with E-state index < -0.39 is 21.0 Å². The molecule has 27 heavy (non-hydrogen) atoms. The van der Waals surface area contributed by atoms with Crippen molar-refractivity contribution in [3.05, 3.63) is 65.2 Å². The van der Waals surface area contributed by atoms with E-state index in [9.17, 15) is 18.0 Å². The Labute approximate surface area is 156 Å². The maximum atomic E-state index is 12.5. The molecule has 2 N–H and O–H groups in total. The van der Waals surface area contributed by atoms with Crippen molar-refractivity contribution in [1.82, 2.24) is 9.55 Å². The molecule has 140 valence electrons. The average molecular weight is 385 g/mol. The van der Waals surface area contributed by atoms with E-state index in [1.165, 1.54) is 10.6 Å². The van der Waals surface area contributed by atoms with E-state index in [0.29, 0.717) is 0 Å². The summed E-state index contributed by atoms with van der Waals surface area (Å²) in [6, 6.07) is 12.8. The fourth-order valence-corrected chi connectivity index (χ4v) is 3.98. The van der Waals surface area contributed by atoms with Crippen molar-refractivity contribution in [1.29, 1.82) is 0 Å². The smallest absolute Gasteiger partial charge is 0.251 e. The minimum atomic E-state index is -3.62. The lowest BCUT2D eigenvalue weighted by molar-refractivity contribution is -0.117. The second-order valence-corrected chi connectivity index (χ2v) is 8.57. The number of fused-ring (bicyclic) bond motifs is 1. The third kappa shape index (κ3) is 4.06. The van der Waals surface area contributed by atoms with Crippen LogP contribution in [0.1, 0.15) is 6.42 Å². The van der Waals surface area contributed by atoms with Gasteiger partial charge < -0.3 is 10.3 Å². The summed E-state index contributed by atoms with van der Waals surface area (Å²) in [5, 5.41) is -0.344. The van der Waals surface area contributed by atoms with E-state index in [1.807, 2.05) is 30.3 Å². The lowest BCUT2D eigenvalue weighted by atomic mass is 10.0. The Morgan fingerprint density at radius 1 is 1.22 bits per heavy atom. The van der Waals surface area contributed by atoms with Crippen LogP contribution < -0.4 is 11.3 Å². The molecule has 0 spiro atoms. The molecule has 1 aromatic carbocycles. The normalized spacial score (nSPS) is 12.8. The first-order valence-electron chi connectivity index (χ1n) is 8.30. The lowest BCUT2D eigenvalue weighted by Crippen LogP contribution is -2.36. The van der Waals surface area contributed by atoms with Crippen LogP contribution in [0, 0.1) is 0 Å². The van der Waals surface area contributed by atoms with Gasteiger partial charge in [-0.25, -0.2) is 8.42 Å². The highest BCUT2D eigenvalue weighted by molar-refractivity contribution is 7.92. The number of benzene rings is 1. The minimum Gasteiger partial charge on any atom is -0.369 e. The molecule has 1 atom stereocenters. The number of carbonyl (C=O) groups is 1. The first-order chi connectivity index (χ1) is 12.8. The Hall–Kier alpha value is -3.00. The fraction of sp³-hybridized carbons (Fsp3) is 0.211. The van der Waals surface area contributed by atoms with Crippen molar-refractivity contribution in [3.63, 3.8) is 0 Å². The lowest BCUT2D eigenvalue weighted by Gasteiger charge is -2.13. The molecule has 0 aliphatic carbocycles. The van der Waals surface area contributed by atoms with Crippen LogP contribution in [0.2, 0.25) is 0 Å². The van der Waals surface area contributed by atoms with Gasteiger partial charge in [0, 0.05) is 42.2 Å². The SMILES string of the molecule is CS(=O)(=O)C(CCn1ccc(-c2cccc3cccnc23)cc1=O)C(N)=O. The number of carbonyl (C=O) groups excluding carboxylic acids is 1. The highest BCUT2D eigenvalue weighted by atomic mass is 32.2. The number of nitrogens with zero attached hydrogens (tertiary/aromatic N) is 2. The van der Waals surface area contributed by atoms with Gasteiger partial charge in [-0.15, -0.1) is 0 Å². The Bertz CT molecular complexity index is 1160. The van der Waals surface area contributed by atoms with Gasteiger partial charge in [-0.1, -0.05) is 24.3 Å². The molecule has 3 rings (SSSR count). The number of sulfone groups is 1. The summed E-state index contributed by atoms with van der Waals surface area (Å²) in [7, 11) is -3.62. The zero-order valence-electron chi connectivity index (χ0n) is 14.7. The molecule has 0 fully saturated rings. The van der Waals surface area contributed by atoms with Crippen LogP contribution in [-0.4, -0.2) is 35.4 Å². The summed E-state index contributed by atoms with van der Waals surface area (Å²) in [5.74, 6) is -0.913. The summed E-state index contributed by atoms with van der Waals surface area (Å²) in [6.45, 7) is 0.0770. The van der Waals surface area contributed by atoms with Gasteiger partial charge in [0.2, 0.25) is 5.91 Å². The predicted molar refractivity (Wildman–Crippen MR) is 104 cm³/mol. The number of hydrogen-bond donors (Lipinski definition) is 1. The molecule has 0 radical (unpaired) electrons. The summed E-state index contributed by atoms with van der Waals surface area (Å²) in [6.07, 6.45) is 4.19. The second-order valence-electron chi connectivity index (χ2n) is 6.34. The topological polar surface area (TPSA) is 112 Å². The van der Waals surface area contributed by atoms with Gasteiger partial charge in [0.15, 0.2) is 9.84 Å². The standard InChI is InChI=1S/C19H19N3O4S/c1-27(25,26)16(19(20)24)8-11-22-10-7-14(12-17(22)23)15-6-2-4-13-5-3-9-21-18(13)15/h2-7,9-10,12,16H,8,11H2,1H3,(H2,20,24). The molecule has 0 aliphatic heterocycles. The molecule has 1 amide bonds. The van der Waals surface area contributed by atoms with Gasteiger partial charge in [-0.3, -0.25) is 14.6 Å². The molecule has 2 aromatic heterocycles. The van der Waals surface area contributed by atoms with Crippen molar-refractivity contribution in [2.24, 2.45) is 5.73 Å². The maximum absolute atomic E-state index is 12.5. The molecular weight excluding hydrogens is 366 g/mol. The summed E-state index contributed by atoms with van der Waals surface area (Å²) in [5.41, 5.74) is 7.22. The number of pyridine rings is 2. The van der Waals surface area contributed by atoms with Crippen LogP contribution in [0.3, 0.4) is 0 Å². The van der Waals surface area contributed by atoms with Crippen molar-refractivity contribution >= 4 is 26.6 Å². The predicted octanol–water partition coefficient (Wildman–Crippen LogP) is 1.35. The van der Waals surface area contributed by atoms with Gasteiger partial charge in [-0.2, -0.15) is 0 Å². The van der Waals surface area contributed by atoms with E-state index in [-0.39, 0.29) is 18.5 Å². The van der Waals surface area contributed by atoms with Crippen LogP contribution in [-0.2, 0) is 21.2 Å². The number of primary amides is 1. The van der Waals surface area contributed by atoms with Crippen LogP contribution in [0.25, 0.3) is 22.0 Å². The van der Waals surface area contributed by atoms with Gasteiger partial charge in [0.25, 0.3) is 5.56 Å². The monoisotopic (exact) mass is 385 g/mol. The number of hydrogen-bond acceptors (Lipinski definition) is 5. The number of rotatable bonds is 6. The van der Waals surface area contributed by atoms with Crippen molar-refractivity contribution < 1.29 is 13.2 Å². The van der Waals surface area contributed by atoms with Gasteiger partial charge in [0.05, 0.1) is 5.52 Å². The third-order valence-corrected chi connectivity index (χ3v) is 5.91. The van der Waals surface area contributed by atoms with Gasteiger partial charge >= 0.3 is 0 Å². The highest BCUT2D eigenvalue weighted by Crippen LogP contribution is 2.25. The molecule has 1 unspecified atom stereocenters. The van der Waals surface area contributed by atoms with Gasteiger partial charge in [-0.05, 0) is 24.1 Å². The van der Waals surface area contributed by atoms with Crippen molar-refractivity contribution in [2.45, 2.75) is 18.2 Å². The van der Waals surface area contributed by atoms with E-state index in [2.05, 4.69) is 4.98 Å². The number of aryl methyl sites for hydroxylation is 1. The van der Waals surface area contributed by atoms with Crippen LogP contribution in [0.5, 0.6) is 0 Å². The van der Waals surface area contributed by atoms with Crippen LogP contribution >= 0.6 is 0 Å². The van der Waals surface area contributed by atoms with Crippen LogP contribution in [0.15, 0.2) is 59.7 Å². The van der Waals surface area contributed by atoms with E-state index >= 15 is 0 Å². The Morgan fingerprint density at radius 3 is 2.63 bits per heavy atom. The van der Waals surface area contributed by atoms with Crippen molar-refractivity contribution in [2.75, 3.05) is 6.26 Å². The van der Waals surface area contributed by atoms with Crippen LogP contribution in [0.4, 0.5) is 0 Å². The van der Waals surface area contributed by atoms with E-state index in [4.69, 9.17) is 5.73 Å². The summed E-state index contributed by atoms with van der Waals surface area (Å²) >= 11 is 0. The van der Waals surface area contributed by atoms with Crippen molar-refractivity contribution in [3.8, 4) is 11.1 Å². The largest absolute Gasteiger partial charge is 0.369 e. The molecule has 0 bridgehead atoms. The Morgan fingerprint density at radius 2 is 1.96 bits per heavy atom. The molecular formula is C19H19N3O4S. The third-order valence-electron chi connectivity index (χ3n) is 4.41. The zero-order valence-corrected chi connectivity index (χ0v) is 15.5. The number of aromatic nitrogens is 2. The molecule has 2 heterocycles. The molecule has 7 nitrogen and oxygen atoms in total. The van der Waals surface area contributed by atoms with Gasteiger partial charge in [0.1, 0.15) is 5.25 Å². The quantitative estimate of drug-likeness (QED) is 0.688. The zero-order chi connectivity index (χ0) is 19.6. The number of para-hydroxylation sites is 1. The first kappa shape index (κ1) is 18.8. The summed E-state index contributed by atoms with van der Waals surface area (Å²) < 4.78 is 24.7. The fourth-order valence-electron chi connectivity index (χ4n) is 3.02. The molecule has 0 saturated heterocycles. The Kier molecular flexibility index (Phi) is 5.09. The average Bonchev–Trinajstić information content (AvgIpc) is 2.61.